The van der Waals surface area contributed by atoms with Gasteiger partial charge < -0.3 is 0 Å². The minimum atomic E-state index is 0.347. The van der Waals surface area contributed by atoms with Gasteiger partial charge in [0.25, 0.3) is 0 Å². The zero-order valence-corrected chi connectivity index (χ0v) is 11.5. The van der Waals surface area contributed by atoms with Crippen molar-refractivity contribution in [2.75, 3.05) is 0 Å². The molecule has 18 heavy (non-hydrogen) atoms. The summed E-state index contributed by atoms with van der Waals surface area (Å²) >= 11 is 1.99. The smallest absolute Gasteiger partial charge is 0.136 e. The van der Waals surface area contributed by atoms with Crippen molar-refractivity contribution in [2.45, 2.75) is 55.1 Å². The van der Waals surface area contributed by atoms with Crippen molar-refractivity contribution in [2.24, 2.45) is 5.92 Å². The first-order valence-electron chi connectivity index (χ1n) is 7.10. The van der Waals surface area contributed by atoms with Crippen molar-refractivity contribution in [1.82, 2.24) is 0 Å². The molecule has 0 saturated heterocycles. The molecule has 0 radical (unpaired) electrons. The molecule has 1 aromatic carbocycles. The SMILES string of the molecule is O=C1CCCCCC1CC1Cc2ccccc2S1. The molecule has 2 heteroatoms. The Morgan fingerprint density at radius 2 is 2.06 bits per heavy atom. The lowest BCUT2D eigenvalue weighted by Gasteiger charge is -2.16. The van der Waals surface area contributed by atoms with Crippen LogP contribution in [0.15, 0.2) is 29.2 Å². The summed E-state index contributed by atoms with van der Waals surface area (Å²) in [5.74, 6) is 0.878. The molecule has 0 aromatic heterocycles. The lowest BCUT2D eigenvalue weighted by Crippen LogP contribution is -2.18. The fourth-order valence-corrected chi connectivity index (χ4v) is 4.59. The Bertz CT molecular complexity index is 415. The molecule has 1 aliphatic heterocycles. The molecule has 0 amide bonds. The van der Waals surface area contributed by atoms with Crippen LogP contribution in [0.2, 0.25) is 0 Å². The summed E-state index contributed by atoms with van der Waals surface area (Å²) in [4.78, 5) is 13.5. The topological polar surface area (TPSA) is 17.1 Å². The summed E-state index contributed by atoms with van der Waals surface area (Å²) in [7, 11) is 0. The molecule has 0 spiro atoms. The number of hydrogen-bond acceptors (Lipinski definition) is 2. The van der Waals surface area contributed by atoms with Crippen LogP contribution in [0.1, 0.15) is 44.1 Å². The number of rotatable bonds is 2. The maximum atomic E-state index is 12.1. The van der Waals surface area contributed by atoms with Crippen molar-refractivity contribution in [3.8, 4) is 0 Å². The molecule has 1 fully saturated rings. The highest BCUT2D eigenvalue weighted by molar-refractivity contribution is 8.00. The predicted octanol–water partition coefficient (Wildman–Crippen LogP) is 4.24. The summed E-state index contributed by atoms with van der Waals surface area (Å²) in [6.07, 6.45) is 7.83. The summed E-state index contributed by atoms with van der Waals surface area (Å²) in [5, 5.41) is 0.634. The third-order valence-corrected chi connectivity index (χ3v) is 5.54. The van der Waals surface area contributed by atoms with Crippen molar-refractivity contribution >= 4 is 17.5 Å². The zero-order valence-electron chi connectivity index (χ0n) is 10.7. The molecule has 1 aliphatic carbocycles. The molecule has 96 valence electrons. The Kier molecular flexibility index (Phi) is 3.74. The highest BCUT2D eigenvalue weighted by Gasteiger charge is 2.28. The first kappa shape index (κ1) is 12.3. The average molecular weight is 260 g/mol. The molecular weight excluding hydrogens is 240 g/mol. The second-order valence-corrected chi connectivity index (χ2v) is 6.89. The van der Waals surface area contributed by atoms with Gasteiger partial charge in [-0.1, -0.05) is 31.0 Å². The van der Waals surface area contributed by atoms with E-state index in [0.717, 1.165) is 32.1 Å². The first-order valence-corrected chi connectivity index (χ1v) is 7.98. The van der Waals surface area contributed by atoms with Gasteiger partial charge in [0.05, 0.1) is 0 Å². The molecule has 0 bridgehead atoms. The van der Waals surface area contributed by atoms with Gasteiger partial charge in [-0.25, -0.2) is 0 Å². The van der Waals surface area contributed by atoms with Gasteiger partial charge in [0.1, 0.15) is 5.78 Å². The molecule has 1 aromatic rings. The quantitative estimate of drug-likeness (QED) is 0.740. The maximum absolute atomic E-state index is 12.1. The van der Waals surface area contributed by atoms with Gasteiger partial charge in [0, 0.05) is 22.5 Å². The molecule has 2 unspecified atom stereocenters. The van der Waals surface area contributed by atoms with Gasteiger partial charge in [0.15, 0.2) is 0 Å². The van der Waals surface area contributed by atoms with E-state index in [2.05, 4.69) is 24.3 Å². The highest BCUT2D eigenvalue weighted by Crippen LogP contribution is 2.40. The minimum absolute atomic E-state index is 0.347. The van der Waals surface area contributed by atoms with Crippen molar-refractivity contribution in [1.29, 1.82) is 0 Å². The lowest BCUT2D eigenvalue weighted by atomic mass is 9.92. The molecular formula is C16H20OS. The maximum Gasteiger partial charge on any atom is 0.136 e. The number of Topliss-reactive ketones (excluding diaryl/α,β-unsaturated/α-hetero) is 1. The number of carbonyl (C=O) groups is 1. The van der Waals surface area contributed by atoms with Gasteiger partial charge in [-0.05, 0) is 37.3 Å². The number of carbonyl (C=O) groups excluding carboxylic acids is 1. The second-order valence-electron chi connectivity index (χ2n) is 5.55. The minimum Gasteiger partial charge on any atom is -0.299 e. The number of ketones is 1. The Balaban J connectivity index is 1.63. The Labute approximate surface area is 113 Å². The zero-order chi connectivity index (χ0) is 12.4. The van der Waals surface area contributed by atoms with Crippen LogP contribution in [0, 0.1) is 5.92 Å². The second kappa shape index (κ2) is 5.48. The average Bonchev–Trinajstić information content (AvgIpc) is 2.68. The summed E-state index contributed by atoms with van der Waals surface area (Å²) in [6.45, 7) is 0. The number of hydrogen-bond donors (Lipinski definition) is 0. The van der Waals surface area contributed by atoms with Crippen molar-refractivity contribution < 1.29 is 4.79 Å². The third-order valence-electron chi connectivity index (χ3n) is 4.19. The van der Waals surface area contributed by atoms with Gasteiger partial charge in [-0.2, -0.15) is 0 Å². The molecule has 2 aliphatic rings. The van der Waals surface area contributed by atoms with Crippen LogP contribution in [0.3, 0.4) is 0 Å². The normalized spacial score (nSPS) is 27.9. The summed E-state index contributed by atoms with van der Waals surface area (Å²) in [5.41, 5.74) is 1.48. The number of thioether (sulfide) groups is 1. The standard InChI is InChI=1S/C16H20OS/c17-15-8-3-1-2-6-12(15)10-14-11-13-7-4-5-9-16(13)18-14/h4-5,7,9,12,14H,1-3,6,8,10-11H2. The molecule has 2 atom stereocenters. The fraction of sp³-hybridized carbons (Fsp3) is 0.562. The highest BCUT2D eigenvalue weighted by atomic mass is 32.2. The van der Waals surface area contributed by atoms with Crippen molar-refractivity contribution in [3.05, 3.63) is 29.8 Å². The first-order chi connectivity index (χ1) is 8.83. The third kappa shape index (κ3) is 2.64. The van der Waals surface area contributed by atoms with Crippen LogP contribution in [0.25, 0.3) is 0 Å². The van der Waals surface area contributed by atoms with E-state index in [4.69, 9.17) is 0 Å². The molecule has 1 nitrogen and oxygen atoms in total. The van der Waals surface area contributed by atoms with Crippen LogP contribution < -0.4 is 0 Å². The van der Waals surface area contributed by atoms with E-state index in [0.29, 0.717) is 17.0 Å². The molecule has 3 rings (SSSR count). The Morgan fingerprint density at radius 1 is 1.17 bits per heavy atom. The van der Waals surface area contributed by atoms with Crippen LogP contribution in [-0.2, 0) is 11.2 Å². The molecule has 0 N–H and O–H groups in total. The van der Waals surface area contributed by atoms with E-state index in [1.807, 2.05) is 11.8 Å². The number of benzene rings is 1. The Hall–Kier alpha value is -0.760. The van der Waals surface area contributed by atoms with Gasteiger partial charge >= 0.3 is 0 Å². The van der Waals surface area contributed by atoms with Crippen LogP contribution in [0.4, 0.5) is 0 Å². The largest absolute Gasteiger partial charge is 0.299 e. The van der Waals surface area contributed by atoms with E-state index in [1.165, 1.54) is 23.3 Å². The monoisotopic (exact) mass is 260 g/mol. The fourth-order valence-electron chi connectivity index (χ4n) is 3.18. The molecule has 1 heterocycles. The van der Waals surface area contributed by atoms with E-state index >= 15 is 0 Å². The van der Waals surface area contributed by atoms with Gasteiger partial charge in [-0.15, -0.1) is 11.8 Å². The van der Waals surface area contributed by atoms with E-state index < -0.39 is 0 Å². The summed E-state index contributed by atoms with van der Waals surface area (Å²) in [6, 6.07) is 8.69. The van der Waals surface area contributed by atoms with Crippen LogP contribution in [-0.4, -0.2) is 11.0 Å². The lowest BCUT2D eigenvalue weighted by molar-refractivity contribution is -0.122. The van der Waals surface area contributed by atoms with E-state index in [1.54, 1.807) is 0 Å². The number of fused-ring (bicyclic) bond motifs is 1. The van der Waals surface area contributed by atoms with E-state index in [9.17, 15) is 4.79 Å². The predicted molar refractivity (Wildman–Crippen MR) is 76.0 cm³/mol. The summed E-state index contributed by atoms with van der Waals surface area (Å²) < 4.78 is 0. The molecule has 1 saturated carbocycles. The van der Waals surface area contributed by atoms with Crippen LogP contribution >= 0.6 is 11.8 Å². The van der Waals surface area contributed by atoms with Gasteiger partial charge in [-0.3, -0.25) is 4.79 Å². The van der Waals surface area contributed by atoms with E-state index in [-0.39, 0.29) is 0 Å². The van der Waals surface area contributed by atoms with Crippen LogP contribution in [0.5, 0.6) is 0 Å². The Morgan fingerprint density at radius 3 is 2.94 bits per heavy atom. The van der Waals surface area contributed by atoms with Crippen molar-refractivity contribution in [3.63, 3.8) is 0 Å². The van der Waals surface area contributed by atoms with Gasteiger partial charge in [0.2, 0.25) is 0 Å².